The average molecular weight is 225 g/mol. The molecule has 0 saturated heterocycles. The van der Waals surface area contributed by atoms with Crippen LogP contribution in [0, 0.1) is 5.92 Å². The smallest absolute Gasteiger partial charge is 0.354 e. The molecule has 88 valence electrons. The van der Waals surface area contributed by atoms with Crippen molar-refractivity contribution >= 4 is 11.8 Å². The summed E-state index contributed by atoms with van der Waals surface area (Å²) < 4.78 is 0. The van der Waals surface area contributed by atoms with E-state index >= 15 is 0 Å². The minimum absolute atomic E-state index is 0.0376. The molecule has 1 heterocycles. The zero-order chi connectivity index (χ0) is 12.1. The molecule has 1 rings (SSSR count). The van der Waals surface area contributed by atoms with Crippen molar-refractivity contribution in [1.82, 2.24) is 9.97 Å². The van der Waals surface area contributed by atoms with Crippen LogP contribution in [0.3, 0.4) is 0 Å². The Balaban J connectivity index is 2.80. The Hall–Kier alpha value is -1.69. The molecule has 0 fully saturated rings. The zero-order valence-corrected chi connectivity index (χ0v) is 9.21. The number of aromatic carboxylic acids is 1. The van der Waals surface area contributed by atoms with Gasteiger partial charge in [0.05, 0.1) is 12.6 Å². The normalized spacial score (nSPS) is 12.5. The highest BCUT2D eigenvalue weighted by atomic mass is 16.4. The number of nitrogens with one attached hydrogen (secondary N) is 1. The summed E-state index contributed by atoms with van der Waals surface area (Å²) in [5, 5.41) is 20.8. The van der Waals surface area contributed by atoms with E-state index in [1.165, 1.54) is 12.4 Å². The second-order valence-corrected chi connectivity index (χ2v) is 3.77. The molecule has 0 radical (unpaired) electrons. The van der Waals surface area contributed by atoms with Gasteiger partial charge in [-0.15, -0.1) is 0 Å². The number of hydrogen-bond acceptors (Lipinski definition) is 5. The van der Waals surface area contributed by atoms with E-state index < -0.39 is 5.97 Å². The second-order valence-electron chi connectivity index (χ2n) is 3.77. The molecule has 0 aliphatic heterocycles. The van der Waals surface area contributed by atoms with Crippen LogP contribution in [0.4, 0.5) is 5.82 Å². The van der Waals surface area contributed by atoms with E-state index in [1.54, 1.807) is 0 Å². The van der Waals surface area contributed by atoms with Gasteiger partial charge in [-0.3, -0.25) is 0 Å². The molecule has 0 saturated carbocycles. The van der Waals surface area contributed by atoms with Crippen LogP contribution < -0.4 is 5.32 Å². The molecule has 0 aromatic carbocycles. The molecular formula is C10H15N3O3. The first kappa shape index (κ1) is 12.4. The number of carbonyl (C=O) groups is 1. The van der Waals surface area contributed by atoms with Gasteiger partial charge in [0.2, 0.25) is 0 Å². The lowest BCUT2D eigenvalue weighted by Gasteiger charge is -2.20. The summed E-state index contributed by atoms with van der Waals surface area (Å²) in [5.74, 6) is -0.482. The van der Waals surface area contributed by atoms with Gasteiger partial charge in [0, 0.05) is 6.07 Å². The highest BCUT2D eigenvalue weighted by Gasteiger charge is 2.13. The number of hydrogen-bond donors (Lipinski definition) is 3. The van der Waals surface area contributed by atoms with Gasteiger partial charge in [0.1, 0.15) is 12.1 Å². The van der Waals surface area contributed by atoms with Crippen molar-refractivity contribution in [3.63, 3.8) is 0 Å². The van der Waals surface area contributed by atoms with Crippen molar-refractivity contribution in [2.75, 3.05) is 11.9 Å². The Morgan fingerprint density at radius 2 is 2.19 bits per heavy atom. The number of aliphatic hydroxyl groups is 1. The van der Waals surface area contributed by atoms with Crippen LogP contribution in [0.15, 0.2) is 12.4 Å². The number of carboxylic acids is 1. The maximum absolute atomic E-state index is 10.7. The van der Waals surface area contributed by atoms with Crippen LogP contribution in [-0.2, 0) is 0 Å². The highest BCUT2D eigenvalue weighted by Crippen LogP contribution is 2.10. The summed E-state index contributed by atoms with van der Waals surface area (Å²) in [4.78, 5) is 18.2. The SMILES string of the molecule is CC(C)[C@@H](CO)Nc1cc(C(=O)O)ncn1. The van der Waals surface area contributed by atoms with Crippen LogP contribution in [0.5, 0.6) is 0 Å². The van der Waals surface area contributed by atoms with Gasteiger partial charge >= 0.3 is 5.97 Å². The third-order valence-corrected chi connectivity index (χ3v) is 2.22. The Labute approximate surface area is 93.4 Å². The van der Waals surface area contributed by atoms with E-state index in [9.17, 15) is 4.79 Å². The van der Waals surface area contributed by atoms with Crippen LogP contribution in [0.2, 0.25) is 0 Å². The first-order valence-corrected chi connectivity index (χ1v) is 4.97. The van der Waals surface area contributed by atoms with E-state index in [1.807, 2.05) is 13.8 Å². The number of aromatic nitrogens is 2. The van der Waals surface area contributed by atoms with Gasteiger partial charge in [-0.05, 0) is 5.92 Å². The lowest BCUT2D eigenvalue weighted by molar-refractivity contribution is 0.0690. The van der Waals surface area contributed by atoms with Crippen LogP contribution in [-0.4, -0.2) is 38.8 Å². The third-order valence-electron chi connectivity index (χ3n) is 2.22. The van der Waals surface area contributed by atoms with Crippen LogP contribution in [0.25, 0.3) is 0 Å². The third kappa shape index (κ3) is 3.16. The Bertz CT molecular complexity index is 368. The topological polar surface area (TPSA) is 95.3 Å². The van der Waals surface area contributed by atoms with Gasteiger partial charge in [-0.25, -0.2) is 14.8 Å². The van der Waals surface area contributed by atoms with Crippen LogP contribution >= 0.6 is 0 Å². The standard InChI is InChI=1S/C10H15N3O3/c1-6(2)8(4-14)13-9-3-7(10(15)16)11-5-12-9/h3,5-6,8,14H,4H2,1-2H3,(H,15,16)(H,11,12,13)/t8-/m1/s1. The van der Waals surface area contributed by atoms with Gasteiger partial charge in [-0.1, -0.05) is 13.8 Å². The minimum atomic E-state index is -1.10. The monoisotopic (exact) mass is 225 g/mol. The van der Waals surface area contributed by atoms with E-state index in [-0.39, 0.29) is 24.3 Å². The van der Waals surface area contributed by atoms with Gasteiger partial charge in [-0.2, -0.15) is 0 Å². The molecule has 1 aromatic heterocycles. The summed E-state index contributed by atoms with van der Waals surface area (Å²) >= 11 is 0. The highest BCUT2D eigenvalue weighted by molar-refractivity contribution is 5.86. The molecule has 1 aromatic rings. The maximum atomic E-state index is 10.7. The van der Waals surface area contributed by atoms with Crippen molar-refractivity contribution in [2.24, 2.45) is 5.92 Å². The number of nitrogens with zero attached hydrogens (tertiary/aromatic N) is 2. The molecule has 6 heteroatoms. The average Bonchev–Trinajstić information content (AvgIpc) is 2.25. The predicted molar refractivity (Wildman–Crippen MR) is 58.3 cm³/mol. The van der Waals surface area contributed by atoms with Crippen LogP contribution in [0.1, 0.15) is 24.3 Å². The van der Waals surface area contributed by atoms with Crippen molar-refractivity contribution in [2.45, 2.75) is 19.9 Å². The molecule has 0 spiro atoms. The Morgan fingerprint density at radius 1 is 1.50 bits per heavy atom. The fourth-order valence-corrected chi connectivity index (χ4v) is 1.17. The lowest BCUT2D eigenvalue weighted by atomic mass is 10.1. The molecular weight excluding hydrogens is 210 g/mol. The second kappa shape index (κ2) is 5.41. The number of aliphatic hydroxyl groups excluding tert-OH is 1. The molecule has 3 N–H and O–H groups in total. The number of carboxylic acid groups (broad SMARTS) is 1. The molecule has 0 aliphatic rings. The molecule has 6 nitrogen and oxygen atoms in total. The van der Waals surface area contributed by atoms with Crippen molar-refractivity contribution in [1.29, 1.82) is 0 Å². The van der Waals surface area contributed by atoms with Gasteiger partial charge < -0.3 is 15.5 Å². The number of rotatable bonds is 5. The molecule has 0 bridgehead atoms. The van der Waals surface area contributed by atoms with Crippen molar-refractivity contribution in [3.05, 3.63) is 18.1 Å². The summed E-state index contributed by atoms with van der Waals surface area (Å²) in [6, 6.07) is 1.18. The molecule has 1 atom stereocenters. The first-order chi connectivity index (χ1) is 7.54. The fourth-order valence-electron chi connectivity index (χ4n) is 1.17. The summed E-state index contributed by atoms with van der Waals surface area (Å²) in [7, 11) is 0. The summed E-state index contributed by atoms with van der Waals surface area (Å²) in [5.41, 5.74) is -0.0713. The summed E-state index contributed by atoms with van der Waals surface area (Å²) in [6.07, 6.45) is 1.18. The zero-order valence-electron chi connectivity index (χ0n) is 9.21. The van der Waals surface area contributed by atoms with Gasteiger partial charge in [0.25, 0.3) is 0 Å². The predicted octanol–water partition coefficient (Wildman–Crippen LogP) is 0.604. The van der Waals surface area contributed by atoms with Gasteiger partial charge in [0.15, 0.2) is 5.69 Å². The fraction of sp³-hybridized carbons (Fsp3) is 0.500. The maximum Gasteiger partial charge on any atom is 0.354 e. The Kier molecular flexibility index (Phi) is 4.19. The van der Waals surface area contributed by atoms with E-state index in [2.05, 4.69) is 15.3 Å². The first-order valence-electron chi connectivity index (χ1n) is 4.97. The van der Waals surface area contributed by atoms with E-state index in [0.717, 1.165) is 0 Å². The number of anilines is 1. The molecule has 0 amide bonds. The van der Waals surface area contributed by atoms with Crippen molar-refractivity contribution in [3.8, 4) is 0 Å². The lowest BCUT2D eigenvalue weighted by Crippen LogP contribution is -2.30. The summed E-state index contributed by atoms with van der Waals surface area (Å²) in [6.45, 7) is 3.87. The largest absolute Gasteiger partial charge is 0.477 e. The Morgan fingerprint density at radius 3 is 2.69 bits per heavy atom. The molecule has 16 heavy (non-hydrogen) atoms. The molecule has 0 unspecified atom stereocenters. The minimum Gasteiger partial charge on any atom is -0.477 e. The van der Waals surface area contributed by atoms with E-state index in [0.29, 0.717) is 5.82 Å². The van der Waals surface area contributed by atoms with E-state index in [4.69, 9.17) is 10.2 Å². The van der Waals surface area contributed by atoms with Crippen molar-refractivity contribution < 1.29 is 15.0 Å². The quantitative estimate of drug-likeness (QED) is 0.679. The molecule has 0 aliphatic carbocycles.